The van der Waals surface area contributed by atoms with Crippen LogP contribution in [0.1, 0.15) is 18.6 Å². The smallest absolute Gasteiger partial charge is 0.231 e. The minimum Gasteiger partial charge on any atom is -0.467 e. The number of fused-ring (bicyclic) bond motifs is 1. The molecule has 0 aliphatic carbocycles. The highest BCUT2D eigenvalue weighted by Gasteiger charge is 2.28. The van der Waals surface area contributed by atoms with E-state index in [1.165, 1.54) is 0 Å². The number of halogens is 1. The van der Waals surface area contributed by atoms with Gasteiger partial charge < -0.3 is 14.6 Å². The van der Waals surface area contributed by atoms with Crippen LogP contribution in [0.2, 0.25) is 5.02 Å². The molecular weight excluding hydrogens is 342 g/mol. The molecule has 1 fully saturated rings. The third-order valence-electron chi connectivity index (χ3n) is 4.46. The van der Waals surface area contributed by atoms with E-state index in [9.17, 15) is 4.79 Å². The molecule has 130 valence electrons. The maximum absolute atomic E-state index is 12.5. The van der Waals surface area contributed by atoms with Gasteiger partial charge in [-0.05, 0) is 37.1 Å². The van der Waals surface area contributed by atoms with Gasteiger partial charge in [-0.15, -0.1) is 10.2 Å². The van der Waals surface area contributed by atoms with Crippen LogP contribution in [-0.2, 0) is 11.3 Å². The number of amides is 1. The first-order valence-electron chi connectivity index (χ1n) is 8.26. The Morgan fingerprint density at radius 3 is 3.12 bits per heavy atom. The number of pyridine rings is 1. The molecule has 4 rings (SSSR count). The normalized spacial score (nSPS) is 17.8. The summed E-state index contributed by atoms with van der Waals surface area (Å²) in [5.41, 5.74) is 0.628. The molecule has 25 heavy (non-hydrogen) atoms. The van der Waals surface area contributed by atoms with Crippen molar-refractivity contribution in [2.75, 3.05) is 18.0 Å². The highest BCUT2D eigenvalue weighted by molar-refractivity contribution is 6.33. The number of furan rings is 1. The maximum atomic E-state index is 12.5. The van der Waals surface area contributed by atoms with Gasteiger partial charge in [-0.2, -0.15) is 0 Å². The van der Waals surface area contributed by atoms with Gasteiger partial charge in [-0.25, -0.2) is 0 Å². The summed E-state index contributed by atoms with van der Waals surface area (Å²) in [6, 6.07) is 7.31. The predicted molar refractivity (Wildman–Crippen MR) is 93.5 cm³/mol. The lowest BCUT2D eigenvalue weighted by Crippen LogP contribution is -2.43. The SMILES string of the molecule is O=C(NCc1ccco1)[C@@H]1CCCN(c2nnc3c(Cl)cccn23)C1. The van der Waals surface area contributed by atoms with Crippen LogP contribution in [0.5, 0.6) is 0 Å². The summed E-state index contributed by atoms with van der Waals surface area (Å²) in [6.45, 7) is 1.86. The van der Waals surface area contributed by atoms with E-state index in [0.717, 1.165) is 31.1 Å². The fourth-order valence-corrected chi connectivity index (χ4v) is 3.39. The number of nitrogens with zero attached hydrogens (tertiary/aromatic N) is 4. The van der Waals surface area contributed by atoms with E-state index in [-0.39, 0.29) is 11.8 Å². The van der Waals surface area contributed by atoms with Crippen LogP contribution in [0.4, 0.5) is 5.95 Å². The van der Waals surface area contributed by atoms with E-state index in [2.05, 4.69) is 20.4 Å². The standard InChI is InChI=1S/C17H18ClN5O2/c18-14-6-2-8-23-15(14)20-21-17(23)22-7-1-4-12(11-22)16(24)19-10-13-5-3-9-25-13/h2-3,5-6,8-9,12H,1,4,7,10-11H2,(H,19,24)/t12-/m1/s1. The lowest BCUT2D eigenvalue weighted by Gasteiger charge is -2.31. The van der Waals surface area contributed by atoms with Crippen LogP contribution in [0.25, 0.3) is 5.65 Å². The molecular formula is C17H18ClN5O2. The number of anilines is 1. The summed E-state index contributed by atoms with van der Waals surface area (Å²) in [5.74, 6) is 1.42. The van der Waals surface area contributed by atoms with Crippen molar-refractivity contribution in [3.8, 4) is 0 Å². The van der Waals surface area contributed by atoms with Crippen LogP contribution >= 0.6 is 11.6 Å². The zero-order valence-corrected chi connectivity index (χ0v) is 14.3. The van der Waals surface area contributed by atoms with Crippen molar-refractivity contribution in [1.82, 2.24) is 19.9 Å². The summed E-state index contributed by atoms with van der Waals surface area (Å²) in [4.78, 5) is 14.6. The predicted octanol–water partition coefficient (Wildman–Crippen LogP) is 2.51. The first-order valence-corrected chi connectivity index (χ1v) is 8.64. The molecule has 1 aliphatic heterocycles. The zero-order chi connectivity index (χ0) is 17.2. The molecule has 7 nitrogen and oxygen atoms in total. The number of piperidine rings is 1. The monoisotopic (exact) mass is 359 g/mol. The fourth-order valence-electron chi connectivity index (χ4n) is 3.19. The van der Waals surface area contributed by atoms with E-state index in [1.807, 2.05) is 28.8 Å². The molecule has 4 heterocycles. The average molecular weight is 360 g/mol. The van der Waals surface area contributed by atoms with Crippen molar-refractivity contribution < 1.29 is 9.21 Å². The number of hydrogen-bond acceptors (Lipinski definition) is 5. The lowest BCUT2D eigenvalue weighted by molar-refractivity contribution is -0.125. The molecule has 3 aromatic heterocycles. The number of carbonyl (C=O) groups excluding carboxylic acids is 1. The van der Waals surface area contributed by atoms with Crippen LogP contribution < -0.4 is 10.2 Å². The summed E-state index contributed by atoms with van der Waals surface area (Å²) >= 11 is 6.16. The number of aromatic nitrogens is 3. The van der Waals surface area contributed by atoms with Gasteiger partial charge in [0.2, 0.25) is 11.9 Å². The van der Waals surface area contributed by atoms with Gasteiger partial charge in [0.1, 0.15) is 5.76 Å². The highest BCUT2D eigenvalue weighted by atomic mass is 35.5. The highest BCUT2D eigenvalue weighted by Crippen LogP contribution is 2.25. The van der Waals surface area contributed by atoms with E-state index >= 15 is 0 Å². The second kappa shape index (κ2) is 6.76. The Balaban J connectivity index is 1.46. The Labute approximate surface area is 149 Å². The minimum atomic E-state index is -0.0877. The number of nitrogens with one attached hydrogen (secondary N) is 1. The number of rotatable bonds is 4. The lowest BCUT2D eigenvalue weighted by atomic mass is 9.97. The molecule has 8 heteroatoms. The number of hydrogen-bond donors (Lipinski definition) is 1. The molecule has 0 bridgehead atoms. The van der Waals surface area contributed by atoms with Crippen molar-refractivity contribution in [2.45, 2.75) is 19.4 Å². The second-order valence-corrected chi connectivity index (χ2v) is 6.54. The van der Waals surface area contributed by atoms with Gasteiger partial charge in [-0.1, -0.05) is 11.6 Å². The first kappa shape index (κ1) is 16.0. The van der Waals surface area contributed by atoms with E-state index in [1.54, 1.807) is 12.3 Å². The molecule has 0 saturated carbocycles. The van der Waals surface area contributed by atoms with Gasteiger partial charge in [0.05, 0.1) is 23.7 Å². The Bertz CT molecular complexity index is 876. The quantitative estimate of drug-likeness (QED) is 0.774. The molecule has 1 atom stereocenters. The van der Waals surface area contributed by atoms with Crippen LogP contribution in [-0.4, -0.2) is 33.6 Å². The Morgan fingerprint density at radius 2 is 2.28 bits per heavy atom. The Kier molecular flexibility index (Phi) is 4.31. The third-order valence-corrected chi connectivity index (χ3v) is 4.76. The third kappa shape index (κ3) is 3.19. The number of carbonyl (C=O) groups is 1. The van der Waals surface area contributed by atoms with Crippen LogP contribution in [0.3, 0.4) is 0 Å². The van der Waals surface area contributed by atoms with Crippen molar-refractivity contribution in [3.63, 3.8) is 0 Å². The van der Waals surface area contributed by atoms with Crippen LogP contribution in [0.15, 0.2) is 41.1 Å². The summed E-state index contributed by atoms with van der Waals surface area (Å²) in [7, 11) is 0. The van der Waals surface area contributed by atoms with Gasteiger partial charge >= 0.3 is 0 Å². The molecule has 0 spiro atoms. The summed E-state index contributed by atoms with van der Waals surface area (Å²) < 4.78 is 7.12. The van der Waals surface area contributed by atoms with Gasteiger partial charge in [0.25, 0.3) is 0 Å². The molecule has 0 unspecified atom stereocenters. The zero-order valence-electron chi connectivity index (χ0n) is 13.6. The molecule has 0 radical (unpaired) electrons. The van der Waals surface area contributed by atoms with E-state index < -0.39 is 0 Å². The minimum absolute atomic E-state index is 0.0351. The Morgan fingerprint density at radius 1 is 1.36 bits per heavy atom. The molecule has 1 amide bonds. The van der Waals surface area contributed by atoms with E-state index in [4.69, 9.17) is 16.0 Å². The molecule has 1 saturated heterocycles. The first-order chi connectivity index (χ1) is 12.2. The maximum Gasteiger partial charge on any atom is 0.231 e. The molecule has 3 aromatic rings. The van der Waals surface area contributed by atoms with Crippen molar-refractivity contribution in [1.29, 1.82) is 0 Å². The van der Waals surface area contributed by atoms with Crippen molar-refractivity contribution >= 4 is 29.1 Å². The second-order valence-electron chi connectivity index (χ2n) is 6.13. The summed E-state index contributed by atoms with van der Waals surface area (Å²) in [5, 5.41) is 11.9. The largest absolute Gasteiger partial charge is 0.467 e. The van der Waals surface area contributed by atoms with Crippen molar-refractivity contribution in [3.05, 3.63) is 47.5 Å². The van der Waals surface area contributed by atoms with Gasteiger partial charge in [-0.3, -0.25) is 9.20 Å². The van der Waals surface area contributed by atoms with Gasteiger partial charge in [0.15, 0.2) is 5.65 Å². The molecule has 1 aliphatic rings. The average Bonchev–Trinajstić information content (AvgIpc) is 3.30. The van der Waals surface area contributed by atoms with Crippen LogP contribution in [0, 0.1) is 5.92 Å². The summed E-state index contributed by atoms with van der Waals surface area (Å²) in [6.07, 6.45) is 5.27. The molecule has 0 aromatic carbocycles. The van der Waals surface area contributed by atoms with Gasteiger partial charge in [0, 0.05) is 19.3 Å². The Hall–Kier alpha value is -2.54. The fraction of sp³-hybridized carbons (Fsp3) is 0.353. The molecule has 1 N–H and O–H groups in total. The van der Waals surface area contributed by atoms with E-state index in [0.29, 0.717) is 23.8 Å². The topological polar surface area (TPSA) is 75.7 Å². The van der Waals surface area contributed by atoms with Crippen molar-refractivity contribution in [2.24, 2.45) is 5.92 Å².